The first-order chi connectivity index (χ1) is 14.1. The number of hydrogen-bond acceptors (Lipinski definition) is 3. The molecule has 0 aliphatic heterocycles. The number of aromatic nitrogens is 5. The molecule has 0 saturated heterocycles. The lowest BCUT2D eigenvalue weighted by molar-refractivity contribution is 1.28. The van der Waals surface area contributed by atoms with Gasteiger partial charge >= 0.3 is 0 Å². The van der Waals surface area contributed by atoms with E-state index >= 15 is 0 Å². The summed E-state index contributed by atoms with van der Waals surface area (Å²) < 4.78 is 0. The van der Waals surface area contributed by atoms with E-state index in [1.165, 1.54) is 0 Å². The first-order valence-electron chi connectivity index (χ1n) is 8.69. The smallest absolute Gasteiger partial charge is 0.141 e. The largest absolute Gasteiger partial charge is 0.338 e. The molecule has 2 N–H and O–H groups in total. The van der Waals surface area contributed by atoms with E-state index in [1.807, 2.05) is 42.5 Å². The second-order valence-corrected chi connectivity index (χ2v) is 7.70. The Morgan fingerprint density at radius 3 is 2.21 bits per heavy atom. The van der Waals surface area contributed by atoms with E-state index in [0.717, 1.165) is 33.7 Å². The van der Waals surface area contributed by atoms with Crippen LogP contribution in [0.15, 0.2) is 61.1 Å². The molecule has 0 bridgehead atoms. The summed E-state index contributed by atoms with van der Waals surface area (Å²) in [6.45, 7) is 0. The van der Waals surface area contributed by atoms with Crippen molar-refractivity contribution in [3.05, 3.63) is 76.1 Å². The molecule has 0 aliphatic rings. The van der Waals surface area contributed by atoms with Crippen molar-refractivity contribution in [1.82, 2.24) is 24.9 Å². The molecule has 3 heterocycles. The molecule has 0 saturated carbocycles. The molecule has 142 valence electrons. The van der Waals surface area contributed by atoms with Gasteiger partial charge in [0.15, 0.2) is 0 Å². The normalized spacial score (nSPS) is 11.3. The third-order valence-corrected chi connectivity index (χ3v) is 5.40. The predicted octanol–water partition coefficient (Wildman–Crippen LogP) is 6.64. The molecular formula is C21H12Cl3N5. The van der Waals surface area contributed by atoms with Crippen LogP contribution >= 0.6 is 34.8 Å². The van der Waals surface area contributed by atoms with Gasteiger partial charge < -0.3 is 9.97 Å². The van der Waals surface area contributed by atoms with Crippen LogP contribution in [0.2, 0.25) is 15.1 Å². The Balaban J connectivity index is 1.53. The third-order valence-electron chi connectivity index (χ3n) is 4.58. The number of halogens is 3. The van der Waals surface area contributed by atoms with Gasteiger partial charge in [0.1, 0.15) is 11.6 Å². The molecule has 3 aromatic heterocycles. The van der Waals surface area contributed by atoms with Gasteiger partial charge in [0.2, 0.25) is 0 Å². The molecule has 8 heteroatoms. The van der Waals surface area contributed by atoms with Crippen molar-refractivity contribution in [2.24, 2.45) is 0 Å². The zero-order valence-corrected chi connectivity index (χ0v) is 17.0. The average Bonchev–Trinajstić information content (AvgIpc) is 3.35. The molecule has 0 fully saturated rings. The van der Waals surface area contributed by atoms with Gasteiger partial charge in [-0.2, -0.15) is 0 Å². The maximum Gasteiger partial charge on any atom is 0.141 e. The number of nitrogens with one attached hydrogen (secondary N) is 2. The summed E-state index contributed by atoms with van der Waals surface area (Å²) in [5.41, 5.74) is 5.14. The Hall–Kier alpha value is -2.86. The van der Waals surface area contributed by atoms with Crippen LogP contribution in [0.3, 0.4) is 0 Å². The second-order valence-electron chi connectivity index (χ2n) is 6.45. The standard InChI is InChI=1S/C21H12Cl3N5/c22-13-4-1-11(2-5-13)18-10-26-20(29-18)12-3-6-16-17(7-12)28-21(27-16)19-14(23)8-25-9-15(19)24/h1-10H,(H,26,29)(H,27,28). The van der Waals surface area contributed by atoms with Crippen LogP contribution in [0, 0.1) is 0 Å². The number of imidazole rings is 2. The van der Waals surface area contributed by atoms with E-state index in [9.17, 15) is 0 Å². The zero-order valence-electron chi connectivity index (χ0n) is 14.7. The van der Waals surface area contributed by atoms with Crippen molar-refractivity contribution >= 4 is 45.8 Å². The fraction of sp³-hybridized carbons (Fsp3) is 0. The minimum atomic E-state index is 0.440. The third kappa shape index (κ3) is 3.38. The maximum atomic E-state index is 6.26. The lowest BCUT2D eigenvalue weighted by atomic mass is 10.2. The second kappa shape index (κ2) is 7.19. The molecule has 5 aromatic rings. The monoisotopic (exact) mass is 439 g/mol. The molecule has 0 atom stereocenters. The van der Waals surface area contributed by atoms with Crippen molar-refractivity contribution in [3.8, 4) is 34.0 Å². The first-order valence-corrected chi connectivity index (χ1v) is 9.82. The van der Waals surface area contributed by atoms with Crippen molar-refractivity contribution in [1.29, 1.82) is 0 Å². The van der Waals surface area contributed by atoms with Crippen LogP contribution in [0.25, 0.3) is 45.1 Å². The number of hydrogen-bond donors (Lipinski definition) is 2. The lowest BCUT2D eigenvalue weighted by Gasteiger charge is -2.01. The molecule has 2 aromatic carbocycles. The van der Waals surface area contributed by atoms with E-state index in [4.69, 9.17) is 34.8 Å². The van der Waals surface area contributed by atoms with Gasteiger partial charge in [-0.25, -0.2) is 9.97 Å². The number of pyridine rings is 1. The molecule has 0 aliphatic carbocycles. The number of fused-ring (bicyclic) bond motifs is 1. The molecule has 5 rings (SSSR count). The molecule has 29 heavy (non-hydrogen) atoms. The van der Waals surface area contributed by atoms with Crippen molar-refractivity contribution in [2.45, 2.75) is 0 Å². The minimum absolute atomic E-state index is 0.440. The minimum Gasteiger partial charge on any atom is -0.338 e. The van der Waals surface area contributed by atoms with Gasteiger partial charge in [-0.05, 0) is 35.9 Å². The van der Waals surface area contributed by atoms with Crippen LogP contribution in [0.4, 0.5) is 0 Å². The van der Waals surface area contributed by atoms with E-state index < -0.39 is 0 Å². The fourth-order valence-corrected chi connectivity index (χ4v) is 3.83. The number of rotatable bonds is 3. The zero-order chi connectivity index (χ0) is 20.0. The Kier molecular flexibility index (Phi) is 4.51. The van der Waals surface area contributed by atoms with Gasteiger partial charge in [0, 0.05) is 23.0 Å². The number of H-pyrrole nitrogens is 2. The summed E-state index contributed by atoms with van der Waals surface area (Å²) in [5.74, 6) is 1.35. The molecule has 0 amide bonds. The van der Waals surface area contributed by atoms with E-state index in [1.54, 1.807) is 18.6 Å². The topological polar surface area (TPSA) is 70.2 Å². The van der Waals surface area contributed by atoms with Crippen molar-refractivity contribution < 1.29 is 0 Å². The van der Waals surface area contributed by atoms with Gasteiger partial charge in [-0.15, -0.1) is 0 Å². The van der Waals surface area contributed by atoms with Gasteiger partial charge in [0.05, 0.1) is 38.5 Å². The van der Waals surface area contributed by atoms with E-state index in [-0.39, 0.29) is 0 Å². The lowest BCUT2D eigenvalue weighted by Crippen LogP contribution is -1.85. The highest BCUT2D eigenvalue weighted by Gasteiger charge is 2.14. The Morgan fingerprint density at radius 2 is 1.45 bits per heavy atom. The summed E-state index contributed by atoms with van der Waals surface area (Å²) >= 11 is 18.5. The van der Waals surface area contributed by atoms with Crippen LogP contribution < -0.4 is 0 Å². The van der Waals surface area contributed by atoms with Crippen LogP contribution in [-0.4, -0.2) is 24.9 Å². The highest BCUT2D eigenvalue weighted by atomic mass is 35.5. The predicted molar refractivity (Wildman–Crippen MR) is 117 cm³/mol. The maximum absolute atomic E-state index is 6.26. The van der Waals surface area contributed by atoms with Gasteiger partial charge in [-0.3, -0.25) is 4.98 Å². The highest BCUT2D eigenvalue weighted by Crippen LogP contribution is 2.33. The summed E-state index contributed by atoms with van der Waals surface area (Å²) in [7, 11) is 0. The quantitative estimate of drug-likeness (QED) is 0.330. The van der Waals surface area contributed by atoms with Crippen LogP contribution in [0.1, 0.15) is 0 Å². The summed E-state index contributed by atoms with van der Waals surface area (Å²) in [5, 5.41) is 1.58. The fourth-order valence-electron chi connectivity index (χ4n) is 3.16. The Labute approximate surface area is 180 Å². The highest BCUT2D eigenvalue weighted by molar-refractivity contribution is 6.38. The van der Waals surface area contributed by atoms with Crippen LogP contribution in [0.5, 0.6) is 0 Å². The molecule has 0 radical (unpaired) electrons. The molecule has 0 unspecified atom stereocenters. The summed E-state index contributed by atoms with van der Waals surface area (Å²) in [6, 6.07) is 13.5. The first kappa shape index (κ1) is 18.2. The van der Waals surface area contributed by atoms with Crippen molar-refractivity contribution in [3.63, 3.8) is 0 Å². The Morgan fingerprint density at radius 1 is 0.724 bits per heavy atom. The van der Waals surface area contributed by atoms with Crippen LogP contribution in [-0.2, 0) is 0 Å². The average molecular weight is 441 g/mol. The van der Waals surface area contributed by atoms with Gasteiger partial charge in [-0.1, -0.05) is 46.9 Å². The number of benzene rings is 2. The number of aromatic amines is 2. The van der Waals surface area contributed by atoms with E-state index in [0.29, 0.717) is 26.5 Å². The van der Waals surface area contributed by atoms with E-state index in [2.05, 4.69) is 24.9 Å². The van der Waals surface area contributed by atoms with Crippen molar-refractivity contribution in [2.75, 3.05) is 0 Å². The molecule has 0 spiro atoms. The van der Waals surface area contributed by atoms with Gasteiger partial charge in [0.25, 0.3) is 0 Å². The number of nitrogens with zero attached hydrogens (tertiary/aromatic N) is 3. The summed E-state index contributed by atoms with van der Waals surface area (Å²) in [6.07, 6.45) is 4.89. The SMILES string of the molecule is Clc1ccc(-c2cnc(-c3ccc4nc(-c5c(Cl)cncc5Cl)[nH]c4c3)[nH]2)cc1. The summed E-state index contributed by atoms with van der Waals surface area (Å²) in [4.78, 5) is 19.7. The molecule has 5 nitrogen and oxygen atoms in total. The molecular weight excluding hydrogens is 429 g/mol. The Bertz CT molecular complexity index is 1320.